The maximum absolute atomic E-state index is 13.4. The summed E-state index contributed by atoms with van der Waals surface area (Å²) in [6.07, 6.45) is -1.12. The van der Waals surface area contributed by atoms with Crippen molar-refractivity contribution < 1.29 is 9.90 Å². The van der Waals surface area contributed by atoms with Crippen molar-refractivity contribution in [3.63, 3.8) is 0 Å². The van der Waals surface area contributed by atoms with E-state index < -0.39 is 12.3 Å². The van der Waals surface area contributed by atoms with Gasteiger partial charge in [-0.1, -0.05) is 65.7 Å². The van der Waals surface area contributed by atoms with Crippen molar-refractivity contribution in [2.75, 3.05) is 11.9 Å². The number of aliphatic hydroxyl groups excluding tert-OH is 1. The van der Waals surface area contributed by atoms with Crippen LogP contribution in [-0.4, -0.2) is 41.2 Å². The Balaban J connectivity index is 1.50. The number of carbonyl (C=O) groups excluding carboxylic acids is 1. The fourth-order valence-corrected chi connectivity index (χ4v) is 5.20. The molecule has 3 atom stereocenters. The highest BCUT2D eigenvalue weighted by Gasteiger charge is 2.34. The van der Waals surface area contributed by atoms with E-state index in [4.69, 9.17) is 40.4 Å². The van der Waals surface area contributed by atoms with Gasteiger partial charge in [-0.2, -0.15) is 0 Å². The fourth-order valence-electron chi connectivity index (χ4n) is 4.56. The topological polar surface area (TPSA) is 77.0 Å². The quantitative estimate of drug-likeness (QED) is 0.446. The minimum absolute atomic E-state index is 0.212. The number of aliphatic imine (C=N–C) groups is 1. The molecule has 6 nitrogen and oxygen atoms in total. The zero-order valence-electron chi connectivity index (χ0n) is 18.7. The minimum Gasteiger partial charge on any atom is -0.390 e. The van der Waals surface area contributed by atoms with Crippen LogP contribution in [0.4, 0.5) is 5.69 Å². The van der Waals surface area contributed by atoms with Crippen molar-refractivity contribution in [1.82, 2.24) is 10.6 Å². The number of nitrogens with one attached hydrogen (secondary N) is 2. The molecule has 3 N–H and O–H groups in total. The van der Waals surface area contributed by atoms with Crippen LogP contribution in [0.15, 0.2) is 71.7 Å². The number of fused-ring (bicyclic) bond motifs is 2. The lowest BCUT2D eigenvalue weighted by Gasteiger charge is -2.24. The molecule has 0 radical (unpaired) electrons. The summed E-state index contributed by atoms with van der Waals surface area (Å²) in [7, 11) is 1.68. The second-order valence-electron chi connectivity index (χ2n) is 8.48. The molecule has 3 aromatic rings. The van der Waals surface area contributed by atoms with Crippen LogP contribution in [-0.2, 0) is 11.2 Å². The van der Waals surface area contributed by atoms with Crippen LogP contribution in [0, 0.1) is 0 Å². The van der Waals surface area contributed by atoms with E-state index in [1.165, 1.54) is 4.90 Å². The summed E-state index contributed by atoms with van der Waals surface area (Å²) in [5.74, 6) is -0.299. The van der Waals surface area contributed by atoms with Gasteiger partial charge in [-0.3, -0.25) is 4.79 Å². The molecule has 3 aromatic carbocycles. The Morgan fingerprint density at radius 1 is 1.06 bits per heavy atom. The second-order valence-corrected chi connectivity index (χ2v) is 9.74. The number of halogens is 2. The first-order chi connectivity index (χ1) is 16.8. The molecule has 0 bridgehead atoms. The number of hydrogen-bond donors (Lipinski definition) is 3. The van der Waals surface area contributed by atoms with Crippen LogP contribution >= 0.6 is 35.4 Å². The van der Waals surface area contributed by atoms with Crippen LogP contribution in [0.25, 0.3) is 0 Å². The van der Waals surface area contributed by atoms with E-state index in [2.05, 4.69) is 10.6 Å². The van der Waals surface area contributed by atoms with Gasteiger partial charge in [0.1, 0.15) is 0 Å². The highest BCUT2D eigenvalue weighted by molar-refractivity contribution is 7.80. The lowest BCUT2D eigenvalue weighted by atomic mass is 10.00. The molecular formula is C26H22Cl2N4O2S. The van der Waals surface area contributed by atoms with Gasteiger partial charge in [0.15, 0.2) is 5.11 Å². The average Bonchev–Trinajstić information content (AvgIpc) is 3.11. The van der Waals surface area contributed by atoms with E-state index in [9.17, 15) is 9.90 Å². The van der Waals surface area contributed by atoms with E-state index >= 15 is 0 Å². The van der Waals surface area contributed by atoms with Gasteiger partial charge < -0.3 is 20.6 Å². The van der Waals surface area contributed by atoms with E-state index in [0.29, 0.717) is 39.0 Å². The smallest absolute Gasteiger partial charge is 0.272 e. The largest absolute Gasteiger partial charge is 0.390 e. The number of nitrogens with zero attached hydrogens (tertiary/aromatic N) is 2. The molecule has 1 amide bonds. The van der Waals surface area contributed by atoms with E-state index in [1.807, 2.05) is 42.5 Å². The molecule has 0 spiro atoms. The molecule has 5 rings (SSSR count). The fraction of sp³-hybridized carbons (Fsp3) is 0.192. The summed E-state index contributed by atoms with van der Waals surface area (Å²) in [6.45, 7) is 0. The van der Waals surface area contributed by atoms with Gasteiger partial charge in [-0.05, 0) is 47.6 Å². The molecule has 35 heavy (non-hydrogen) atoms. The van der Waals surface area contributed by atoms with Gasteiger partial charge in [0.2, 0.25) is 6.17 Å². The van der Waals surface area contributed by atoms with E-state index in [-0.39, 0.29) is 17.1 Å². The molecular weight excluding hydrogens is 503 g/mol. The molecule has 2 aliphatic rings. The Morgan fingerprint density at radius 3 is 2.60 bits per heavy atom. The van der Waals surface area contributed by atoms with Crippen molar-refractivity contribution in [2.45, 2.75) is 24.7 Å². The number of anilines is 1. The minimum atomic E-state index is -1.02. The lowest BCUT2D eigenvalue weighted by molar-refractivity contribution is -0.119. The number of rotatable bonds is 3. The molecule has 9 heteroatoms. The number of benzene rings is 3. The summed E-state index contributed by atoms with van der Waals surface area (Å²) in [5, 5.41) is 18.0. The molecule has 3 unspecified atom stereocenters. The summed E-state index contributed by atoms with van der Waals surface area (Å²) >= 11 is 18.4. The number of aliphatic hydroxyl groups is 1. The number of carbonyl (C=O) groups is 1. The molecule has 1 aliphatic carbocycles. The number of hydrogen-bond acceptors (Lipinski definition) is 4. The zero-order valence-corrected chi connectivity index (χ0v) is 21.0. The molecule has 0 fully saturated rings. The summed E-state index contributed by atoms with van der Waals surface area (Å²) in [5.41, 5.74) is 4.59. The Hall–Kier alpha value is -2.97. The van der Waals surface area contributed by atoms with Gasteiger partial charge in [0.05, 0.1) is 23.5 Å². The standard InChI is InChI=1S/C26H22Cl2N4O2S/c1-32-20-11-10-15(27)13-18(20)22(17-8-4-5-9-19(17)28)29-24(25(32)34)31-26(35)30-23-16-7-3-2-6-14(16)12-21(23)33/h2-11,13,21,23-24,33H,12H2,1H3,(H2,30,31,35). The number of amides is 1. The van der Waals surface area contributed by atoms with Crippen LogP contribution in [0.5, 0.6) is 0 Å². The molecule has 0 aromatic heterocycles. The molecule has 0 saturated heterocycles. The first kappa shape index (κ1) is 23.8. The molecule has 1 heterocycles. The van der Waals surface area contributed by atoms with E-state index in [0.717, 1.165) is 11.1 Å². The Kier molecular flexibility index (Phi) is 6.51. The zero-order chi connectivity index (χ0) is 24.7. The summed E-state index contributed by atoms with van der Waals surface area (Å²) in [6, 6.07) is 20.0. The third-order valence-electron chi connectivity index (χ3n) is 6.29. The Labute approximate surface area is 218 Å². The second kappa shape index (κ2) is 9.59. The molecule has 0 saturated carbocycles. The number of likely N-dealkylation sites (N-methyl/N-ethyl adjacent to an activating group) is 1. The van der Waals surface area contributed by atoms with Crippen LogP contribution in [0.3, 0.4) is 0 Å². The van der Waals surface area contributed by atoms with Crippen molar-refractivity contribution >= 4 is 57.8 Å². The first-order valence-corrected chi connectivity index (χ1v) is 12.2. The van der Waals surface area contributed by atoms with Gasteiger partial charge in [-0.15, -0.1) is 0 Å². The maximum Gasteiger partial charge on any atom is 0.272 e. The van der Waals surface area contributed by atoms with Crippen LogP contribution < -0.4 is 15.5 Å². The highest BCUT2D eigenvalue weighted by Crippen LogP contribution is 2.33. The maximum atomic E-state index is 13.4. The van der Waals surface area contributed by atoms with Gasteiger partial charge in [0.25, 0.3) is 5.91 Å². The third-order valence-corrected chi connectivity index (χ3v) is 7.09. The SMILES string of the molecule is CN1C(=O)C(NC(=S)NC2c3ccccc3CC2O)N=C(c2ccccc2Cl)c2cc(Cl)ccc21. The Morgan fingerprint density at radius 2 is 1.80 bits per heavy atom. The molecule has 178 valence electrons. The summed E-state index contributed by atoms with van der Waals surface area (Å²) in [4.78, 5) is 19.8. The highest BCUT2D eigenvalue weighted by atomic mass is 35.5. The first-order valence-electron chi connectivity index (χ1n) is 11.1. The monoisotopic (exact) mass is 524 g/mol. The number of benzodiazepines with no additional fused rings is 1. The van der Waals surface area contributed by atoms with E-state index in [1.54, 1.807) is 31.3 Å². The number of thiocarbonyl (C=S) groups is 1. The lowest BCUT2D eigenvalue weighted by Crippen LogP contribution is -2.50. The molecule has 1 aliphatic heterocycles. The predicted octanol–water partition coefficient (Wildman–Crippen LogP) is 4.26. The van der Waals surface area contributed by atoms with Crippen molar-refractivity contribution in [1.29, 1.82) is 0 Å². The van der Waals surface area contributed by atoms with Crippen molar-refractivity contribution in [3.05, 3.63) is 99.0 Å². The Bertz CT molecular complexity index is 1360. The van der Waals surface area contributed by atoms with Crippen LogP contribution in [0.1, 0.15) is 28.3 Å². The summed E-state index contributed by atoms with van der Waals surface area (Å²) < 4.78 is 0. The predicted molar refractivity (Wildman–Crippen MR) is 144 cm³/mol. The van der Waals surface area contributed by atoms with Crippen molar-refractivity contribution in [2.24, 2.45) is 4.99 Å². The van der Waals surface area contributed by atoms with Gasteiger partial charge in [-0.25, -0.2) is 4.99 Å². The van der Waals surface area contributed by atoms with Crippen molar-refractivity contribution in [3.8, 4) is 0 Å². The normalized spacial score (nSPS) is 21.0. The van der Waals surface area contributed by atoms with Gasteiger partial charge >= 0.3 is 0 Å². The third kappa shape index (κ3) is 4.52. The average molecular weight is 525 g/mol. The van der Waals surface area contributed by atoms with Crippen LogP contribution in [0.2, 0.25) is 10.0 Å². The van der Waals surface area contributed by atoms with Gasteiger partial charge in [0, 0.05) is 34.6 Å².